The third-order valence-electron chi connectivity index (χ3n) is 2.82. The minimum atomic E-state index is -0.535. The highest BCUT2D eigenvalue weighted by Crippen LogP contribution is 2.22. The second kappa shape index (κ2) is 5.52. The lowest BCUT2D eigenvalue weighted by Gasteiger charge is -2.05. The van der Waals surface area contributed by atoms with Crippen LogP contribution in [0, 0.1) is 10.1 Å². The molecule has 0 unspecified atom stereocenters. The SMILES string of the molecule is CCCc1c(O)nc(-c2cccc([N+](=O)[O-])c2)[nH]c1=O. The predicted octanol–water partition coefficient (Wildman–Crippen LogP) is 2.00. The number of aromatic nitrogens is 2. The first-order valence-electron chi connectivity index (χ1n) is 6.10. The van der Waals surface area contributed by atoms with E-state index >= 15 is 0 Å². The van der Waals surface area contributed by atoms with Crippen LogP contribution in [0.15, 0.2) is 29.1 Å². The highest BCUT2D eigenvalue weighted by atomic mass is 16.6. The molecule has 1 aromatic carbocycles. The van der Waals surface area contributed by atoms with Crippen molar-refractivity contribution >= 4 is 5.69 Å². The number of nitro benzene ring substituents is 1. The maximum Gasteiger partial charge on any atom is 0.270 e. The summed E-state index contributed by atoms with van der Waals surface area (Å²) in [5.41, 5.74) is 0.0551. The molecule has 0 aliphatic rings. The Balaban J connectivity index is 2.51. The van der Waals surface area contributed by atoms with Crippen LogP contribution in [0.1, 0.15) is 18.9 Å². The van der Waals surface area contributed by atoms with Crippen LogP contribution in [0.4, 0.5) is 5.69 Å². The molecule has 0 atom stereocenters. The average molecular weight is 275 g/mol. The van der Waals surface area contributed by atoms with Gasteiger partial charge in [0, 0.05) is 17.7 Å². The number of nitrogens with one attached hydrogen (secondary N) is 1. The molecule has 0 aliphatic heterocycles. The zero-order chi connectivity index (χ0) is 14.7. The minimum absolute atomic E-state index is 0.107. The van der Waals surface area contributed by atoms with Crippen LogP contribution in [-0.4, -0.2) is 20.0 Å². The van der Waals surface area contributed by atoms with Crippen LogP contribution in [0.2, 0.25) is 0 Å². The minimum Gasteiger partial charge on any atom is -0.493 e. The van der Waals surface area contributed by atoms with Gasteiger partial charge in [0.1, 0.15) is 5.82 Å². The Bertz CT molecular complexity index is 709. The molecule has 0 aliphatic carbocycles. The van der Waals surface area contributed by atoms with Gasteiger partial charge in [0.2, 0.25) is 5.88 Å². The quantitative estimate of drug-likeness (QED) is 0.655. The molecule has 0 amide bonds. The van der Waals surface area contributed by atoms with Crippen molar-refractivity contribution in [3.63, 3.8) is 0 Å². The Morgan fingerprint density at radius 3 is 2.80 bits per heavy atom. The number of hydrogen-bond acceptors (Lipinski definition) is 5. The molecule has 20 heavy (non-hydrogen) atoms. The average Bonchev–Trinajstić information content (AvgIpc) is 2.42. The Hall–Kier alpha value is -2.70. The van der Waals surface area contributed by atoms with Gasteiger partial charge in [-0.05, 0) is 6.42 Å². The molecule has 7 nitrogen and oxygen atoms in total. The molecule has 104 valence electrons. The summed E-state index contributed by atoms with van der Waals surface area (Å²) in [5.74, 6) is -0.229. The monoisotopic (exact) mass is 275 g/mol. The van der Waals surface area contributed by atoms with Crippen molar-refractivity contribution in [2.24, 2.45) is 0 Å². The van der Waals surface area contributed by atoms with Gasteiger partial charge in [-0.1, -0.05) is 25.5 Å². The highest BCUT2D eigenvalue weighted by molar-refractivity contribution is 5.59. The van der Waals surface area contributed by atoms with Crippen LogP contribution >= 0.6 is 0 Å². The van der Waals surface area contributed by atoms with E-state index in [0.29, 0.717) is 18.4 Å². The van der Waals surface area contributed by atoms with Gasteiger partial charge in [-0.2, -0.15) is 4.98 Å². The van der Waals surface area contributed by atoms with Crippen LogP contribution in [0.25, 0.3) is 11.4 Å². The maximum atomic E-state index is 11.9. The van der Waals surface area contributed by atoms with E-state index in [1.165, 1.54) is 18.2 Å². The topological polar surface area (TPSA) is 109 Å². The zero-order valence-electron chi connectivity index (χ0n) is 10.8. The standard InChI is InChI=1S/C13H13N3O4/c1-2-4-10-12(17)14-11(15-13(10)18)8-5-3-6-9(7-8)16(19)20/h3,5-7H,2,4H2,1H3,(H2,14,15,17,18). The smallest absolute Gasteiger partial charge is 0.270 e. The van der Waals surface area contributed by atoms with E-state index in [9.17, 15) is 20.0 Å². The Labute approximate surface area is 114 Å². The van der Waals surface area contributed by atoms with Gasteiger partial charge in [0.25, 0.3) is 11.2 Å². The van der Waals surface area contributed by atoms with Crippen molar-refractivity contribution in [3.05, 3.63) is 50.3 Å². The van der Waals surface area contributed by atoms with E-state index in [0.717, 1.165) is 0 Å². The first-order chi connectivity index (χ1) is 9.52. The first-order valence-corrected chi connectivity index (χ1v) is 6.10. The van der Waals surface area contributed by atoms with Crippen molar-refractivity contribution in [2.75, 3.05) is 0 Å². The van der Waals surface area contributed by atoms with Crippen LogP contribution in [0.5, 0.6) is 5.88 Å². The second-order valence-corrected chi connectivity index (χ2v) is 4.27. The largest absolute Gasteiger partial charge is 0.493 e. The van der Waals surface area contributed by atoms with E-state index in [-0.39, 0.29) is 23.0 Å². The number of non-ortho nitro benzene ring substituents is 1. The summed E-state index contributed by atoms with van der Waals surface area (Å²) in [6, 6.07) is 5.69. The Morgan fingerprint density at radius 1 is 1.45 bits per heavy atom. The van der Waals surface area contributed by atoms with Crippen molar-refractivity contribution < 1.29 is 10.0 Å². The maximum absolute atomic E-state index is 11.9. The number of H-pyrrole nitrogens is 1. The number of hydrogen-bond donors (Lipinski definition) is 2. The van der Waals surface area contributed by atoms with Crippen LogP contribution in [-0.2, 0) is 6.42 Å². The number of rotatable bonds is 4. The molecule has 0 radical (unpaired) electrons. The normalized spacial score (nSPS) is 10.4. The summed E-state index contributed by atoms with van der Waals surface area (Å²) in [5, 5.41) is 20.5. The van der Waals surface area contributed by atoms with Crippen molar-refractivity contribution in [1.82, 2.24) is 9.97 Å². The molecule has 0 bridgehead atoms. The van der Waals surface area contributed by atoms with Gasteiger partial charge in [-0.15, -0.1) is 0 Å². The van der Waals surface area contributed by atoms with E-state index in [1.54, 1.807) is 6.07 Å². The number of aromatic hydroxyl groups is 1. The summed E-state index contributed by atoms with van der Waals surface area (Å²) in [7, 11) is 0. The lowest BCUT2D eigenvalue weighted by atomic mass is 10.1. The third-order valence-corrected chi connectivity index (χ3v) is 2.82. The molecule has 0 spiro atoms. The first kappa shape index (κ1) is 13.7. The van der Waals surface area contributed by atoms with Gasteiger partial charge < -0.3 is 10.1 Å². The fourth-order valence-electron chi connectivity index (χ4n) is 1.86. The van der Waals surface area contributed by atoms with E-state index in [1.807, 2.05) is 6.92 Å². The molecular formula is C13H13N3O4. The molecule has 2 N–H and O–H groups in total. The van der Waals surface area contributed by atoms with Gasteiger partial charge >= 0.3 is 0 Å². The highest BCUT2D eigenvalue weighted by Gasteiger charge is 2.13. The Morgan fingerprint density at radius 2 is 2.20 bits per heavy atom. The van der Waals surface area contributed by atoms with Gasteiger partial charge in [-0.3, -0.25) is 14.9 Å². The third kappa shape index (κ3) is 2.66. The number of aromatic amines is 1. The number of nitrogens with zero attached hydrogens (tertiary/aromatic N) is 2. The molecule has 0 fully saturated rings. The van der Waals surface area contributed by atoms with Gasteiger partial charge in [0.15, 0.2) is 0 Å². The van der Waals surface area contributed by atoms with Gasteiger partial charge in [-0.25, -0.2) is 0 Å². The second-order valence-electron chi connectivity index (χ2n) is 4.27. The summed E-state index contributed by atoms with van der Waals surface area (Å²) in [4.78, 5) is 28.5. The molecule has 0 saturated heterocycles. The Kier molecular flexibility index (Phi) is 3.79. The van der Waals surface area contributed by atoms with Crippen molar-refractivity contribution in [3.8, 4) is 17.3 Å². The number of nitro groups is 1. The lowest BCUT2D eigenvalue weighted by Crippen LogP contribution is -2.15. The molecule has 2 rings (SSSR count). The molecule has 0 saturated carbocycles. The molecular weight excluding hydrogens is 262 g/mol. The number of benzene rings is 1. The van der Waals surface area contributed by atoms with Gasteiger partial charge in [0.05, 0.1) is 10.5 Å². The van der Waals surface area contributed by atoms with E-state index in [4.69, 9.17) is 0 Å². The molecule has 2 aromatic rings. The van der Waals surface area contributed by atoms with Crippen molar-refractivity contribution in [1.29, 1.82) is 0 Å². The van der Waals surface area contributed by atoms with Crippen LogP contribution < -0.4 is 5.56 Å². The summed E-state index contributed by atoms with van der Waals surface area (Å²) in [6.07, 6.45) is 1.12. The summed E-state index contributed by atoms with van der Waals surface area (Å²) < 4.78 is 0. The predicted molar refractivity (Wildman–Crippen MR) is 72.6 cm³/mol. The molecule has 1 heterocycles. The zero-order valence-corrected chi connectivity index (χ0v) is 10.8. The lowest BCUT2D eigenvalue weighted by molar-refractivity contribution is -0.384. The summed E-state index contributed by atoms with van der Waals surface area (Å²) >= 11 is 0. The van der Waals surface area contributed by atoms with Crippen molar-refractivity contribution in [2.45, 2.75) is 19.8 Å². The fraction of sp³-hybridized carbons (Fsp3) is 0.231. The van der Waals surface area contributed by atoms with E-state index in [2.05, 4.69) is 9.97 Å². The van der Waals surface area contributed by atoms with Crippen LogP contribution in [0.3, 0.4) is 0 Å². The fourth-order valence-corrected chi connectivity index (χ4v) is 1.86. The molecule has 7 heteroatoms. The summed E-state index contributed by atoms with van der Waals surface area (Å²) in [6.45, 7) is 1.88. The molecule has 1 aromatic heterocycles. The van der Waals surface area contributed by atoms with E-state index < -0.39 is 10.5 Å².